The number of hydrogen-bond donors (Lipinski definition) is 2. The van der Waals surface area contributed by atoms with Crippen molar-refractivity contribution in [3.63, 3.8) is 0 Å². The zero-order valence-corrected chi connectivity index (χ0v) is 16.9. The lowest BCUT2D eigenvalue weighted by Crippen LogP contribution is -2.40. The molecular weight excluding hydrogens is 406 g/mol. The maximum atomic E-state index is 13.1. The summed E-state index contributed by atoms with van der Waals surface area (Å²) in [7, 11) is 1.37. The van der Waals surface area contributed by atoms with Crippen LogP contribution in [-0.4, -0.2) is 42.2 Å². The minimum atomic E-state index is -0.507. The first kappa shape index (κ1) is 20.7. The van der Waals surface area contributed by atoms with Gasteiger partial charge in [0.1, 0.15) is 11.4 Å². The Balaban J connectivity index is 1.68. The number of carbonyl (C=O) groups is 1. The van der Waals surface area contributed by atoms with E-state index >= 15 is 0 Å². The van der Waals surface area contributed by atoms with Crippen LogP contribution in [0.25, 0.3) is 0 Å². The summed E-state index contributed by atoms with van der Waals surface area (Å²) in [6, 6.07) is 7.88. The van der Waals surface area contributed by atoms with Gasteiger partial charge in [-0.2, -0.15) is 0 Å². The van der Waals surface area contributed by atoms with Crippen LogP contribution in [0.1, 0.15) is 28.8 Å². The molecule has 0 saturated carbocycles. The molecule has 28 heavy (non-hydrogen) atoms. The predicted octanol–water partition coefficient (Wildman–Crippen LogP) is 4.24. The van der Waals surface area contributed by atoms with Crippen molar-refractivity contribution in [3.05, 3.63) is 57.3 Å². The second-order valence-electron chi connectivity index (χ2n) is 6.70. The van der Waals surface area contributed by atoms with Crippen LogP contribution in [0, 0.1) is 5.82 Å². The Hall–Kier alpha value is -2.02. The molecular formula is C20H21Cl2FN2O3. The van der Waals surface area contributed by atoms with E-state index in [0.29, 0.717) is 13.1 Å². The third-order valence-corrected chi connectivity index (χ3v) is 5.46. The van der Waals surface area contributed by atoms with Crippen LogP contribution in [0.2, 0.25) is 10.0 Å². The lowest BCUT2D eigenvalue weighted by Gasteiger charge is -2.25. The SMILES string of the molecule is COc1c(Cl)cc(Cl)c(O)c1C(=O)NC[C@H]1CCCN1Cc1ccc(F)cc1. The second-order valence-corrected chi connectivity index (χ2v) is 7.51. The summed E-state index contributed by atoms with van der Waals surface area (Å²) >= 11 is 12.0. The van der Waals surface area contributed by atoms with E-state index in [-0.39, 0.29) is 39.0 Å². The van der Waals surface area contributed by atoms with Gasteiger partial charge in [0.25, 0.3) is 5.91 Å². The molecule has 1 saturated heterocycles. The number of phenolic OH excluding ortho intramolecular Hbond substituents is 1. The van der Waals surface area contributed by atoms with Crippen molar-refractivity contribution >= 4 is 29.1 Å². The number of benzene rings is 2. The molecule has 1 fully saturated rings. The lowest BCUT2D eigenvalue weighted by atomic mass is 10.1. The summed E-state index contributed by atoms with van der Waals surface area (Å²) < 4.78 is 18.3. The van der Waals surface area contributed by atoms with Crippen LogP contribution in [-0.2, 0) is 6.54 Å². The number of ether oxygens (including phenoxy) is 1. The van der Waals surface area contributed by atoms with Crippen molar-refractivity contribution in [1.82, 2.24) is 10.2 Å². The van der Waals surface area contributed by atoms with Crippen molar-refractivity contribution in [2.24, 2.45) is 0 Å². The Kier molecular flexibility index (Phi) is 6.65. The highest BCUT2D eigenvalue weighted by Crippen LogP contribution is 2.40. The fourth-order valence-corrected chi connectivity index (χ4v) is 4.00. The summed E-state index contributed by atoms with van der Waals surface area (Å²) in [5.41, 5.74) is 0.934. The number of rotatable bonds is 6. The van der Waals surface area contributed by atoms with Crippen LogP contribution in [0.15, 0.2) is 30.3 Å². The molecule has 1 amide bonds. The highest BCUT2D eigenvalue weighted by Gasteiger charge is 2.27. The molecule has 0 unspecified atom stereocenters. The van der Waals surface area contributed by atoms with E-state index < -0.39 is 5.91 Å². The van der Waals surface area contributed by atoms with Gasteiger partial charge >= 0.3 is 0 Å². The van der Waals surface area contributed by atoms with E-state index in [1.165, 1.54) is 25.3 Å². The highest BCUT2D eigenvalue weighted by atomic mass is 35.5. The van der Waals surface area contributed by atoms with Gasteiger partial charge in [0, 0.05) is 19.1 Å². The Morgan fingerprint density at radius 3 is 2.71 bits per heavy atom. The van der Waals surface area contributed by atoms with Gasteiger partial charge in [0.15, 0.2) is 11.5 Å². The van der Waals surface area contributed by atoms with Crippen molar-refractivity contribution < 1.29 is 19.0 Å². The van der Waals surface area contributed by atoms with Crippen molar-refractivity contribution in [2.45, 2.75) is 25.4 Å². The van der Waals surface area contributed by atoms with E-state index in [9.17, 15) is 14.3 Å². The predicted molar refractivity (Wildman–Crippen MR) is 107 cm³/mol. The average Bonchev–Trinajstić information content (AvgIpc) is 3.11. The molecule has 0 bridgehead atoms. The zero-order valence-electron chi connectivity index (χ0n) is 15.3. The number of amides is 1. The average molecular weight is 427 g/mol. The molecule has 2 aromatic rings. The standard InChI is InChI=1S/C20H21Cl2FN2O3/c1-28-19-16(22)9-15(21)18(26)17(19)20(27)24-10-14-3-2-8-25(14)11-12-4-6-13(23)7-5-12/h4-7,9,14,26H,2-3,8,10-11H2,1H3,(H,24,27)/t14-/m1/s1. The summed E-state index contributed by atoms with van der Waals surface area (Å²) in [5, 5.41) is 13.2. The maximum Gasteiger partial charge on any atom is 0.259 e. The number of halogens is 3. The number of aromatic hydroxyl groups is 1. The molecule has 0 radical (unpaired) electrons. The maximum absolute atomic E-state index is 13.1. The van der Waals surface area contributed by atoms with Gasteiger partial charge in [-0.15, -0.1) is 0 Å². The highest BCUT2D eigenvalue weighted by molar-refractivity contribution is 6.37. The largest absolute Gasteiger partial charge is 0.505 e. The fraction of sp³-hybridized carbons (Fsp3) is 0.350. The first-order chi connectivity index (χ1) is 13.4. The molecule has 8 heteroatoms. The van der Waals surface area contributed by atoms with Gasteiger partial charge in [0.05, 0.1) is 17.2 Å². The topological polar surface area (TPSA) is 61.8 Å². The van der Waals surface area contributed by atoms with Crippen molar-refractivity contribution in [3.8, 4) is 11.5 Å². The third kappa shape index (κ3) is 4.51. The van der Waals surface area contributed by atoms with Gasteiger partial charge in [-0.1, -0.05) is 35.3 Å². The summed E-state index contributed by atoms with van der Waals surface area (Å²) in [6.45, 7) is 1.97. The molecule has 0 aliphatic carbocycles. The Morgan fingerprint density at radius 2 is 2.04 bits per heavy atom. The van der Waals surface area contributed by atoms with E-state index in [0.717, 1.165) is 24.9 Å². The number of nitrogens with one attached hydrogen (secondary N) is 1. The van der Waals surface area contributed by atoms with Crippen LogP contribution in [0.5, 0.6) is 11.5 Å². The number of likely N-dealkylation sites (tertiary alicyclic amines) is 1. The molecule has 150 valence electrons. The van der Waals surface area contributed by atoms with E-state index in [1.54, 1.807) is 12.1 Å². The molecule has 1 atom stereocenters. The van der Waals surface area contributed by atoms with E-state index in [2.05, 4.69) is 10.2 Å². The molecule has 1 heterocycles. The molecule has 5 nitrogen and oxygen atoms in total. The molecule has 1 aliphatic rings. The quantitative estimate of drug-likeness (QED) is 0.724. The van der Waals surface area contributed by atoms with Gasteiger partial charge in [-0.3, -0.25) is 9.69 Å². The Morgan fingerprint density at radius 1 is 1.32 bits per heavy atom. The number of methoxy groups -OCH3 is 1. The number of phenols is 1. The Bertz CT molecular complexity index is 862. The zero-order chi connectivity index (χ0) is 20.3. The van der Waals surface area contributed by atoms with Gasteiger partial charge in [0.2, 0.25) is 0 Å². The molecule has 0 aromatic heterocycles. The number of nitrogens with zero attached hydrogens (tertiary/aromatic N) is 1. The van der Waals surface area contributed by atoms with Crippen LogP contribution in [0.4, 0.5) is 4.39 Å². The van der Waals surface area contributed by atoms with Gasteiger partial charge in [-0.25, -0.2) is 4.39 Å². The fourth-order valence-electron chi connectivity index (χ4n) is 3.46. The summed E-state index contributed by atoms with van der Waals surface area (Å²) in [4.78, 5) is 14.9. The molecule has 2 aromatic carbocycles. The van der Waals surface area contributed by atoms with E-state index in [1.807, 2.05) is 0 Å². The monoisotopic (exact) mass is 426 g/mol. The van der Waals surface area contributed by atoms with Crippen molar-refractivity contribution in [2.75, 3.05) is 20.2 Å². The van der Waals surface area contributed by atoms with Gasteiger partial charge < -0.3 is 15.2 Å². The minimum absolute atomic E-state index is 0.0187. The molecule has 3 rings (SSSR count). The molecule has 2 N–H and O–H groups in total. The lowest BCUT2D eigenvalue weighted by molar-refractivity contribution is 0.0934. The number of hydrogen-bond acceptors (Lipinski definition) is 4. The Labute approximate surface area is 173 Å². The van der Waals surface area contributed by atoms with Gasteiger partial charge in [-0.05, 0) is 43.1 Å². The number of carbonyl (C=O) groups excluding carboxylic acids is 1. The van der Waals surface area contributed by atoms with Crippen LogP contribution < -0.4 is 10.1 Å². The summed E-state index contributed by atoms with van der Waals surface area (Å²) in [6.07, 6.45) is 1.94. The molecule has 1 aliphatic heterocycles. The minimum Gasteiger partial charge on any atom is -0.505 e. The first-order valence-corrected chi connectivity index (χ1v) is 9.68. The normalized spacial score (nSPS) is 16.9. The summed E-state index contributed by atoms with van der Waals surface area (Å²) in [5.74, 6) is -1.05. The van der Waals surface area contributed by atoms with Crippen molar-refractivity contribution in [1.29, 1.82) is 0 Å². The molecule has 0 spiro atoms. The van der Waals surface area contributed by atoms with E-state index in [4.69, 9.17) is 27.9 Å². The van der Waals surface area contributed by atoms with Crippen LogP contribution >= 0.6 is 23.2 Å². The van der Waals surface area contributed by atoms with Crippen LogP contribution in [0.3, 0.4) is 0 Å². The smallest absolute Gasteiger partial charge is 0.259 e. The third-order valence-electron chi connectivity index (χ3n) is 4.89. The second kappa shape index (κ2) is 8.99. The first-order valence-electron chi connectivity index (χ1n) is 8.92.